The Morgan fingerprint density at radius 1 is 1.18 bits per heavy atom. The summed E-state index contributed by atoms with van der Waals surface area (Å²) in [6.07, 6.45) is 1.01. The van der Waals surface area contributed by atoms with Gasteiger partial charge in [-0.1, -0.05) is 6.92 Å². The van der Waals surface area contributed by atoms with Crippen molar-refractivity contribution in [3.63, 3.8) is 0 Å². The van der Waals surface area contributed by atoms with Crippen LogP contribution in [-0.4, -0.2) is 27.2 Å². The second-order valence-corrected chi connectivity index (χ2v) is 8.90. The Morgan fingerprint density at radius 2 is 1.94 bits per heavy atom. The highest BCUT2D eigenvalue weighted by molar-refractivity contribution is 9.10. The molecule has 7 nitrogen and oxygen atoms in total. The summed E-state index contributed by atoms with van der Waals surface area (Å²) < 4.78 is 12.1. The number of hydrogen-bond donors (Lipinski definition) is 3. The van der Waals surface area contributed by atoms with Crippen LogP contribution in [0.25, 0.3) is 22.6 Å². The Bertz CT molecular complexity index is 1350. The first-order valence-electron chi connectivity index (χ1n) is 10.6. The predicted octanol–water partition coefficient (Wildman–Crippen LogP) is 6.27. The largest absolute Gasteiger partial charge is 0.507 e. The Balaban J connectivity index is 1.41. The Labute approximate surface area is 210 Å². The van der Waals surface area contributed by atoms with E-state index >= 15 is 0 Å². The molecule has 0 bridgehead atoms. The monoisotopic (exact) mass is 539 g/mol. The molecule has 174 valence electrons. The van der Waals surface area contributed by atoms with Gasteiger partial charge in [0, 0.05) is 16.8 Å². The summed E-state index contributed by atoms with van der Waals surface area (Å²) in [5.41, 5.74) is 3.06. The number of aromatic hydroxyl groups is 1. The first-order chi connectivity index (χ1) is 16.3. The van der Waals surface area contributed by atoms with Crippen molar-refractivity contribution >= 4 is 56.0 Å². The highest BCUT2D eigenvalue weighted by Gasteiger charge is 2.12. The number of fused-ring (bicyclic) bond motifs is 1. The third-order valence-electron chi connectivity index (χ3n) is 5.10. The number of benzene rings is 3. The maximum absolute atomic E-state index is 12.5. The van der Waals surface area contributed by atoms with Gasteiger partial charge in [-0.05, 0) is 102 Å². The molecule has 3 N–H and O–H groups in total. The fraction of sp³-hybridized carbons (Fsp3) is 0.160. The lowest BCUT2D eigenvalue weighted by molar-refractivity contribution is 0.0977. The van der Waals surface area contributed by atoms with E-state index in [1.165, 1.54) is 0 Å². The SMILES string of the molecule is CCC(C)Oc1ccc(C(=O)NC(=S)Nc2ccc3oc(-c4ccc(O)c(Br)c4)nc3c2)cc1. The van der Waals surface area contributed by atoms with Crippen molar-refractivity contribution < 1.29 is 19.1 Å². The lowest BCUT2D eigenvalue weighted by Crippen LogP contribution is -2.34. The molecule has 1 unspecified atom stereocenters. The Morgan fingerprint density at radius 3 is 2.65 bits per heavy atom. The molecule has 4 aromatic rings. The van der Waals surface area contributed by atoms with Crippen molar-refractivity contribution in [1.82, 2.24) is 10.3 Å². The molecule has 1 aromatic heterocycles. The smallest absolute Gasteiger partial charge is 0.257 e. The standard InChI is InChI=1S/C25H22BrN3O4S/c1-3-14(2)32-18-8-4-15(5-9-18)23(31)29-25(34)27-17-7-11-22-20(13-17)28-24(33-22)16-6-10-21(30)19(26)12-16/h4-14,30H,3H2,1-2H3,(H2,27,29,31,34). The van der Waals surface area contributed by atoms with Gasteiger partial charge < -0.3 is 19.6 Å². The molecule has 1 amide bonds. The number of aromatic nitrogens is 1. The number of anilines is 1. The van der Waals surface area contributed by atoms with Crippen molar-refractivity contribution in [2.45, 2.75) is 26.4 Å². The summed E-state index contributed by atoms with van der Waals surface area (Å²) >= 11 is 8.59. The van der Waals surface area contributed by atoms with E-state index in [1.54, 1.807) is 60.7 Å². The van der Waals surface area contributed by atoms with Crippen LogP contribution >= 0.6 is 28.1 Å². The van der Waals surface area contributed by atoms with Gasteiger partial charge in [-0.3, -0.25) is 10.1 Å². The van der Waals surface area contributed by atoms with Crippen LogP contribution in [-0.2, 0) is 0 Å². The van der Waals surface area contributed by atoms with Crippen molar-refractivity contribution in [3.8, 4) is 23.0 Å². The molecule has 4 rings (SSSR count). The summed E-state index contributed by atoms with van der Waals surface area (Å²) in [5.74, 6) is 0.948. The van der Waals surface area contributed by atoms with Gasteiger partial charge in [0.2, 0.25) is 5.89 Å². The number of oxazole rings is 1. The molecule has 0 aliphatic rings. The molecule has 0 spiro atoms. The lowest BCUT2D eigenvalue weighted by atomic mass is 10.2. The molecule has 0 aliphatic heterocycles. The minimum absolute atomic E-state index is 0.109. The summed E-state index contributed by atoms with van der Waals surface area (Å²) in [5, 5.41) is 15.5. The molecule has 0 radical (unpaired) electrons. The fourth-order valence-electron chi connectivity index (χ4n) is 3.11. The number of nitrogens with one attached hydrogen (secondary N) is 2. The van der Waals surface area contributed by atoms with Crippen LogP contribution in [0.3, 0.4) is 0 Å². The average Bonchev–Trinajstić information content (AvgIpc) is 3.24. The molecule has 3 aromatic carbocycles. The second kappa shape index (κ2) is 10.2. The van der Waals surface area contributed by atoms with E-state index in [0.717, 1.165) is 12.0 Å². The first-order valence-corrected chi connectivity index (χ1v) is 11.8. The molecule has 0 saturated carbocycles. The Hall–Kier alpha value is -3.43. The number of ether oxygens (including phenoxy) is 1. The minimum atomic E-state index is -0.324. The molecule has 0 fully saturated rings. The van der Waals surface area contributed by atoms with Crippen molar-refractivity contribution in [3.05, 3.63) is 70.7 Å². The van der Waals surface area contributed by atoms with Crippen LogP contribution in [0.1, 0.15) is 30.6 Å². The summed E-state index contributed by atoms with van der Waals surface area (Å²) in [4.78, 5) is 17.0. The van der Waals surface area contributed by atoms with E-state index in [1.807, 2.05) is 6.92 Å². The molecular formula is C25H22BrN3O4S. The maximum atomic E-state index is 12.5. The molecular weight excluding hydrogens is 518 g/mol. The van der Waals surface area contributed by atoms with Gasteiger partial charge in [0.15, 0.2) is 10.7 Å². The van der Waals surface area contributed by atoms with E-state index in [0.29, 0.717) is 38.5 Å². The molecule has 1 heterocycles. The van der Waals surface area contributed by atoms with Crippen LogP contribution in [0.4, 0.5) is 5.69 Å². The van der Waals surface area contributed by atoms with E-state index in [2.05, 4.69) is 38.5 Å². The molecule has 9 heteroatoms. The average molecular weight is 540 g/mol. The number of halogens is 1. The third-order valence-corrected chi connectivity index (χ3v) is 5.94. The zero-order chi connectivity index (χ0) is 24.2. The zero-order valence-electron chi connectivity index (χ0n) is 18.5. The number of amides is 1. The molecule has 0 aliphatic carbocycles. The van der Waals surface area contributed by atoms with Crippen LogP contribution in [0.15, 0.2) is 69.6 Å². The van der Waals surface area contributed by atoms with Gasteiger partial charge in [0.05, 0.1) is 10.6 Å². The van der Waals surface area contributed by atoms with Crippen LogP contribution in [0, 0.1) is 0 Å². The number of carbonyl (C=O) groups excluding carboxylic acids is 1. The van der Waals surface area contributed by atoms with E-state index in [4.69, 9.17) is 21.4 Å². The van der Waals surface area contributed by atoms with Gasteiger partial charge in [-0.2, -0.15) is 0 Å². The quantitative estimate of drug-likeness (QED) is 0.248. The molecule has 34 heavy (non-hydrogen) atoms. The molecule has 0 saturated heterocycles. The van der Waals surface area contributed by atoms with Gasteiger partial charge in [0.25, 0.3) is 5.91 Å². The van der Waals surface area contributed by atoms with Crippen molar-refractivity contribution in [1.29, 1.82) is 0 Å². The number of nitrogens with zero attached hydrogens (tertiary/aromatic N) is 1. The molecule has 1 atom stereocenters. The van der Waals surface area contributed by atoms with Crippen molar-refractivity contribution in [2.24, 2.45) is 0 Å². The zero-order valence-corrected chi connectivity index (χ0v) is 20.9. The first kappa shape index (κ1) is 23.7. The fourth-order valence-corrected chi connectivity index (χ4v) is 3.70. The third kappa shape index (κ3) is 5.55. The summed E-state index contributed by atoms with van der Waals surface area (Å²) in [6, 6.07) is 17.3. The maximum Gasteiger partial charge on any atom is 0.257 e. The van der Waals surface area contributed by atoms with Gasteiger partial charge >= 0.3 is 0 Å². The number of rotatable bonds is 6. The van der Waals surface area contributed by atoms with Crippen molar-refractivity contribution in [2.75, 3.05) is 5.32 Å². The number of phenolic OH excluding ortho intramolecular Hbond substituents is 1. The van der Waals surface area contributed by atoms with E-state index < -0.39 is 0 Å². The minimum Gasteiger partial charge on any atom is -0.507 e. The lowest BCUT2D eigenvalue weighted by Gasteiger charge is -2.13. The van der Waals surface area contributed by atoms with Gasteiger partial charge in [-0.15, -0.1) is 0 Å². The number of carbonyl (C=O) groups is 1. The summed E-state index contributed by atoms with van der Waals surface area (Å²) in [6.45, 7) is 4.04. The van der Waals surface area contributed by atoms with Gasteiger partial charge in [-0.25, -0.2) is 4.98 Å². The number of phenols is 1. The highest BCUT2D eigenvalue weighted by Crippen LogP contribution is 2.31. The van der Waals surface area contributed by atoms with Crippen LogP contribution < -0.4 is 15.4 Å². The van der Waals surface area contributed by atoms with E-state index in [9.17, 15) is 9.90 Å². The number of thiocarbonyl (C=S) groups is 1. The Kier molecular flexibility index (Phi) is 7.14. The topological polar surface area (TPSA) is 96.6 Å². The van der Waals surface area contributed by atoms with E-state index in [-0.39, 0.29) is 22.9 Å². The highest BCUT2D eigenvalue weighted by atomic mass is 79.9. The van der Waals surface area contributed by atoms with Crippen LogP contribution in [0.2, 0.25) is 0 Å². The second-order valence-electron chi connectivity index (χ2n) is 7.64. The summed E-state index contributed by atoms with van der Waals surface area (Å²) in [7, 11) is 0. The predicted molar refractivity (Wildman–Crippen MR) is 139 cm³/mol. The number of hydrogen-bond acceptors (Lipinski definition) is 6. The van der Waals surface area contributed by atoms with Gasteiger partial charge in [0.1, 0.15) is 17.0 Å². The van der Waals surface area contributed by atoms with Crippen LogP contribution in [0.5, 0.6) is 11.5 Å². The normalized spacial score (nSPS) is 11.7.